The Kier molecular flexibility index (Phi) is 8.36. The number of hydrogen-bond donors (Lipinski definition) is 2. The summed E-state index contributed by atoms with van der Waals surface area (Å²) in [5.41, 5.74) is 3.69. The van der Waals surface area contributed by atoms with Crippen LogP contribution in [0.25, 0.3) is 0 Å². The summed E-state index contributed by atoms with van der Waals surface area (Å²) in [6, 6.07) is 6.27. The summed E-state index contributed by atoms with van der Waals surface area (Å²) in [6.07, 6.45) is 2.89. The number of nitrogens with one attached hydrogen (secondary N) is 1. The molecule has 2 N–H and O–H groups in total. The third kappa shape index (κ3) is 6.29. The molecule has 1 rings (SSSR count). The predicted octanol–water partition coefficient (Wildman–Crippen LogP) is 3.30. The maximum absolute atomic E-state index is 10.5. The summed E-state index contributed by atoms with van der Waals surface area (Å²) in [5.74, 6) is 1.16. The van der Waals surface area contributed by atoms with E-state index >= 15 is 0 Å². The molecule has 124 valence electrons. The van der Waals surface area contributed by atoms with Crippen molar-refractivity contribution in [3.8, 4) is 0 Å². The zero-order valence-electron chi connectivity index (χ0n) is 14.4. The van der Waals surface area contributed by atoms with Crippen molar-refractivity contribution < 1.29 is 9.90 Å². The van der Waals surface area contributed by atoms with Gasteiger partial charge in [-0.05, 0) is 41.4 Å². The molecule has 0 aliphatic rings. The van der Waals surface area contributed by atoms with E-state index in [0.29, 0.717) is 31.3 Å². The van der Waals surface area contributed by atoms with Crippen LogP contribution in [0.3, 0.4) is 0 Å². The van der Waals surface area contributed by atoms with Gasteiger partial charge in [0.25, 0.3) is 0 Å². The van der Waals surface area contributed by atoms with Gasteiger partial charge in [-0.25, -0.2) is 0 Å². The fraction of sp³-hybridized carbons (Fsp3) is 0.632. The van der Waals surface area contributed by atoms with Gasteiger partial charge >= 0.3 is 0 Å². The predicted molar refractivity (Wildman–Crippen MR) is 92.0 cm³/mol. The number of carbonyl (C=O) groups excluding carboxylic acids is 1. The second-order valence-corrected chi connectivity index (χ2v) is 6.86. The Labute approximate surface area is 135 Å². The van der Waals surface area contributed by atoms with Gasteiger partial charge in [0.05, 0.1) is 6.10 Å². The molecule has 22 heavy (non-hydrogen) atoms. The molecule has 0 heterocycles. The third-order valence-corrected chi connectivity index (χ3v) is 3.69. The maximum atomic E-state index is 10.5. The van der Waals surface area contributed by atoms with Crippen LogP contribution >= 0.6 is 0 Å². The minimum atomic E-state index is -0.521. The van der Waals surface area contributed by atoms with E-state index in [1.54, 1.807) is 0 Å². The maximum Gasteiger partial charge on any atom is 0.121 e. The molecule has 1 aromatic rings. The van der Waals surface area contributed by atoms with Gasteiger partial charge in [0, 0.05) is 19.5 Å². The summed E-state index contributed by atoms with van der Waals surface area (Å²) < 4.78 is 0. The molecule has 0 aliphatic carbocycles. The van der Waals surface area contributed by atoms with Crippen LogP contribution in [0.1, 0.15) is 56.9 Å². The number of rotatable bonds is 10. The van der Waals surface area contributed by atoms with Crippen LogP contribution in [0.15, 0.2) is 18.2 Å². The fourth-order valence-corrected chi connectivity index (χ4v) is 2.76. The Hall–Kier alpha value is -1.19. The first kappa shape index (κ1) is 18.9. The fourth-order valence-electron chi connectivity index (χ4n) is 2.76. The second-order valence-electron chi connectivity index (χ2n) is 6.86. The topological polar surface area (TPSA) is 49.3 Å². The van der Waals surface area contributed by atoms with Crippen molar-refractivity contribution in [1.82, 2.24) is 5.32 Å². The van der Waals surface area contributed by atoms with Crippen LogP contribution in [-0.2, 0) is 17.6 Å². The monoisotopic (exact) mass is 305 g/mol. The molecule has 0 spiro atoms. The first-order chi connectivity index (χ1) is 10.5. The summed E-state index contributed by atoms with van der Waals surface area (Å²) in [5, 5.41) is 13.7. The standard InChI is InChI=1S/C19H31NO2/c1-14(2)11-16-7-5-8-17(18(16)12-15(3)4)19(22)13-20-9-6-10-21/h5,7-8,10,14-15,19-20,22H,6,9,11-13H2,1-4H3. The van der Waals surface area contributed by atoms with Crippen LogP contribution in [-0.4, -0.2) is 24.5 Å². The number of aldehydes is 1. The van der Waals surface area contributed by atoms with Crippen LogP contribution in [0.5, 0.6) is 0 Å². The van der Waals surface area contributed by atoms with E-state index < -0.39 is 6.10 Å². The molecule has 0 saturated carbocycles. The summed E-state index contributed by atoms with van der Waals surface area (Å²) in [7, 11) is 0. The van der Waals surface area contributed by atoms with E-state index in [-0.39, 0.29) is 0 Å². The highest BCUT2D eigenvalue weighted by atomic mass is 16.3. The normalized spacial score (nSPS) is 12.9. The van der Waals surface area contributed by atoms with Crippen LogP contribution in [0.2, 0.25) is 0 Å². The number of aliphatic hydroxyl groups is 1. The molecular formula is C19H31NO2. The molecule has 0 aromatic heterocycles. The summed E-state index contributed by atoms with van der Waals surface area (Å²) in [4.78, 5) is 10.3. The Balaban J connectivity index is 2.92. The molecule has 0 saturated heterocycles. The lowest BCUT2D eigenvalue weighted by molar-refractivity contribution is -0.107. The van der Waals surface area contributed by atoms with Gasteiger partial charge in [-0.1, -0.05) is 45.9 Å². The number of aliphatic hydroxyl groups excluding tert-OH is 1. The van der Waals surface area contributed by atoms with Gasteiger partial charge in [-0.3, -0.25) is 0 Å². The van der Waals surface area contributed by atoms with E-state index in [4.69, 9.17) is 0 Å². The van der Waals surface area contributed by atoms with Crippen LogP contribution < -0.4 is 5.32 Å². The van der Waals surface area contributed by atoms with E-state index in [1.165, 1.54) is 11.1 Å². The van der Waals surface area contributed by atoms with Gasteiger partial charge in [-0.15, -0.1) is 0 Å². The molecule has 1 unspecified atom stereocenters. The lowest BCUT2D eigenvalue weighted by Gasteiger charge is -2.21. The highest BCUT2D eigenvalue weighted by Gasteiger charge is 2.16. The van der Waals surface area contributed by atoms with Crippen LogP contribution in [0.4, 0.5) is 0 Å². The summed E-state index contributed by atoms with van der Waals surface area (Å²) >= 11 is 0. The molecule has 1 atom stereocenters. The molecule has 3 heteroatoms. The highest BCUT2D eigenvalue weighted by molar-refractivity contribution is 5.49. The molecular weight excluding hydrogens is 274 g/mol. The van der Waals surface area contributed by atoms with E-state index in [9.17, 15) is 9.90 Å². The van der Waals surface area contributed by atoms with Gasteiger partial charge in [0.2, 0.25) is 0 Å². The van der Waals surface area contributed by atoms with Crippen molar-refractivity contribution in [2.75, 3.05) is 13.1 Å². The van der Waals surface area contributed by atoms with E-state index in [0.717, 1.165) is 24.7 Å². The van der Waals surface area contributed by atoms with Gasteiger partial charge < -0.3 is 15.2 Å². The first-order valence-corrected chi connectivity index (χ1v) is 8.38. The molecule has 0 amide bonds. The van der Waals surface area contributed by atoms with Crippen molar-refractivity contribution in [3.63, 3.8) is 0 Å². The average molecular weight is 305 g/mol. The van der Waals surface area contributed by atoms with Crippen molar-refractivity contribution in [2.45, 2.75) is 53.1 Å². The Morgan fingerprint density at radius 2 is 1.82 bits per heavy atom. The van der Waals surface area contributed by atoms with E-state index in [2.05, 4.69) is 39.1 Å². The minimum Gasteiger partial charge on any atom is -0.387 e. The Morgan fingerprint density at radius 1 is 1.14 bits per heavy atom. The second kappa shape index (κ2) is 9.75. The zero-order valence-corrected chi connectivity index (χ0v) is 14.4. The smallest absolute Gasteiger partial charge is 0.121 e. The highest BCUT2D eigenvalue weighted by Crippen LogP contribution is 2.26. The zero-order chi connectivity index (χ0) is 16.5. The molecule has 0 radical (unpaired) electrons. The molecule has 0 bridgehead atoms. The third-order valence-electron chi connectivity index (χ3n) is 3.69. The average Bonchev–Trinajstić information content (AvgIpc) is 2.44. The van der Waals surface area contributed by atoms with Crippen molar-refractivity contribution in [2.24, 2.45) is 11.8 Å². The van der Waals surface area contributed by atoms with Crippen molar-refractivity contribution >= 4 is 6.29 Å². The van der Waals surface area contributed by atoms with Crippen molar-refractivity contribution in [1.29, 1.82) is 0 Å². The first-order valence-electron chi connectivity index (χ1n) is 8.38. The number of benzene rings is 1. The van der Waals surface area contributed by atoms with Crippen LogP contribution in [0, 0.1) is 11.8 Å². The quantitative estimate of drug-likeness (QED) is 0.515. The molecule has 0 fully saturated rings. The lowest BCUT2D eigenvalue weighted by Crippen LogP contribution is -2.24. The molecule has 0 aliphatic heterocycles. The van der Waals surface area contributed by atoms with Gasteiger partial charge in [-0.2, -0.15) is 0 Å². The number of hydrogen-bond acceptors (Lipinski definition) is 3. The Morgan fingerprint density at radius 3 is 2.41 bits per heavy atom. The van der Waals surface area contributed by atoms with E-state index in [1.807, 2.05) is 12.1 Å². The lowest BCUT2D eigenvalue weighted by atomic mass is 9.87. The minimum absolute atomic E-state index is 0.485. The number of carbonyl (C=O) groups is 1. The van der Waals surface area contributed by atoms with Gasteiger partial charge in [0.15, 0.2) is 0 Å². The van der Waals surface area contributed by atoms with Gasteiger partial charge in [0.1, 0.15) is 6.29 Å². The summed E-state index contributed by atoms with van der Waals surface area (Å²) in [6.45, 7) is 9.98. The largest absolute Gasteiger partial charge is 0.387 e. The molecule has 1 aromatic carbocycles. The Bertz CT molecular complexity index is 455. The van der Waals surface area contributed by atoms with Crippen molar-refractivity contribution in [3.05, 3.63) is 34.9 Å². The molecule has 3 nitrogen and oxygen atoms in total. The SMILES string of the molecule is CC(C)Cc1cccc(C(O)CNCCC=O)c1CC(C)C.